The van der Waals surface area contributed by atoms with Crippen molar-refractivity contribution in [3.8, 4) is 11.8 Å². The molecule has 1 spiro atoms. The van der Waals surface area contributed by atoms with Crippen molar-refractivity contribution in [1.29, 1.82) is 5.26 Å². The van der Waals surface area contributed by atoms with Crippen LogP contribution in [0.5, 0.6) is 5.75 Å². The molecule has 4 rings (SSSR count). The molecule has 0 bridgehead atoms. The van der Waals surface area contributed by atoms with Crippen LogP contribution in [0.4, 0.5) is 0 Å². The number of ether oxygens (including phenoxy) is 1. The molecule has 2 aliphatic rings. The normalized spacial score (nSPS) is 17.4. The number of fused-ring (bicyclic) bond motifs is 1. The lowest BCUT2D eigenvalue weighted by Gasteiger charge is -2.43. The number of likely N-dealkylation sites (tertiary alicyclic amines) is 1. The van der Waals surface area contributed by atoms with Crippen molar-refractivity contribution in [2.75, 3.05) is 26.7 Å². The van der Waals surface area contributed by atoms with Crippen LogP contribution in [0.3, 0.4) is 0 Å². The van der Waals surface area contributed by atoms with E-state index in [-0.39, 0.29) is 11.3 Å². The highest BCUT2D eigenvalue weighted by atomic mass is 16.5. The van der Waals surface area contributed by atoms with Crippen molar-refractivity contribution in [3.05, 3.63) is 70.8 Å². The van der Waals surface area contributed by atoms with Crippen LogP contribution in [-0.2, 0) is 17.6 Å². The highest BCUT2D eigenvalue weighted by Gasteiger charge is 2.37. The van der Waals surface area contributed by atoms with E-state index < -0.39 is 0 Å². The van der Waals surface area contributed by atoms with Crippen molar-refractivity contribution in [2.45, 2.75) is 32.6 Å². The van der Waals surface area contributed by atoms with Gasteiger partial charge in [-0.15, -0.1) is 0 Å². The molecule has 1 fully saturated rings. The second-order valence-corrected chi connectivity index (χ2v) is 8.70. The van der Waals surface area contributed by atoms with Gasteiger partial charge in [-0.05, 0) is 79.6 Å². The lowest BCUT2D eigenvalue weighted by atomic mass is 9.69. The zero-order chi connectivity index (χ0) is 21.8. The molecular formula is C26H29N3O2. The number of carbonyl (C=O) groups is 1. The first kappa shape index (κ1) is 21.1. The number of piperidine rings is 1. The Bertz CT molecular complexity index is 1030. The van der Waals surface area contributed by atoms with E-state index in [4.69, 9.17) is 10.00 Å². The van der Waals surface area contributed by atoms with E-state index in [0.717, 1.165) is 62.3 Å². The van der Waals surface area contributed by atoms with Gasteiger partial charge in [0.15, 0.2) is 0 Å². The Hall–Kier alpha value is -3.10. The minimum Gasteiger partial charge on any atom is -0.497 e. The maximum absolute atomic E-state index is 11.9. The number of benzene rings is 2. The van der Waals surface area contributed by atoms with Gasteiger partial charge in [0.25, 0.3) is 0 Å². The predicted molar refractivity (Wildman–Crippen MR) is 121 cm³/mol. The summed E-state index contributed by atoms with van der Waals surface area (Å²) in [5.41, 5.74) is 5.33. The van der Waals surface area contributed by atoms with Gasteiger partial charge in [-0.25, -0.2) is 0 Å². The Morgan fingerprint density at radius 2 is 1.94 bits per heavy atom. The number of nitrogens with zero attached hydrogens (tertiary/aromatic N) is 2. The number of allylic oxidation sites excluding steroid dienone is 1. The molecule has 160 valence electrons. The van der Waals surface area contributed by atoms with Gasteiger partial charge in [0.05, 0.1) is 18.7 Å². The summed E-state index contributed by atoms with van der Waals surface area (Å²) in [7, 11) is 1.67. The second-order valence-electron chi connectivity index (χ2n) is 8.70. The molecule has 0 atom stereocenters. The van der Waals surface area contributed by atoms with E-state index >= 15 is 0 Å². The zero-order valence-electron chi connectivity index (χ0n) is 18.3. The average molecular weight is 416 g/mol. The van der Waals surface area contributed by atoms with E-state index in [9.17, 15) is 4.79 Å². The minimum atomic E-state index is -0.0445. The van der Waals surface area contributed by atoms with Crippen molar-refractivity contribution >= 4 is 11.6 Å². The Morgan fingerprint density at radius 3 is 2.58 bits per heavy atom. The lowest BCUT2D eigenvalue weighted by molar-refractivity contribution is -0.117. The Kier molecular flexibility index (Phi) is 6.11. The number of methoxy groups -OCH3 is 1. The van der Waals surface area contributed by atoms with E-state index in [2.05, 4.69) is 40.6 Å². The van der Waals surface area contributed by atoms with E-state index in [0.29, 0.717) is 5.56 Å². The lowest BCUT2D eigenvalue weighted by Crippen LogP contribution is -2.42. The maximum atomic E-state index is 11.9. The molecule has 2 aromatic carbocycles. The molecular weight excluding hydrogens is 386 g/mol. The molecule has 1 N–H and O–H groups in total. The van der Waals surface area contributed by atoms with Gasteiger partial charge >= 0.3 is 0 Å². The van der Waals surface area contributed by atoms with Crippen molar-refractivity contribution in [1.82, 2.24) is 10.2 Å². The molecule has 1 heterocycles. The van der Waals surface area contributed by atoms with Gasteiger partial charge in [-0.2, -0.15) is 5.26 Å². The third-order valence-corrected chi connectivity index (χ3v) is 6.56. The summed E-state index contributed by atoms with van der Waals surface area (Å²) in [5.74, 6) is 0.764. The minimum absolute atomic E-state index is 0.0445. The quantitative estimate of drug-likeness (QED) is 0.804. The molecule has 31 heavy (non-hydrogen) atoms. The molecule has 5 nitrogen and oxygen atoms in total. The van der Waals surface area contributed by atoms with Crippen LogP contribution in [-0.4, -0.2) is 37.6 Å². The molecule has 0 radical (unpaired) electrons. The van der Waals surface area contributed by atoms with Crippen molar-refractivity contribution in [3.63, 3.8) is 0 Å². The molecule has 0 unspecified atom stereocenters. The van der Waals surface area contributed by atoms with Crippen molar-refractivity contribution in [2.24, 2.45) is 5.41 Å². The van der Waals surface area contributed by atoms with Crippen LogP contribution in [0.2, 0.25) is 0 Å². The predicted octanol–water partition coefficient (Wildman–Crippen LogP) is 3.92. The SMILES string of the molecule is COc1ccc2c(c1)C(NC(C)=O)=CC1(CCN(CCc3ccc(C#N)cc3)CC1)C2. The van der Waals surface area contributed by atoms with Crippen LogP contribution < -0.4 is 10.1 Å². The number of amides is 1. The molecule has 0 saturated carbocycles. The van der Waals surface area contributed by atoms with Gasteiger partial charge in [0.1, 0.15) is 5.75 Å². The third kappa shape index (κ3) is 4.81. The summed E-state index contributed by atoms with van der Waals surface area (Å²) in [6.07, 6.45) is 6.45. The number of nitrogens with one attached hydrogen (secondary N) is 1. The van der Waals surface area contributed by atoms with Gasteiger partial charge in [-0.1, -0.05) is 24.3 Å². The Balaban J connectivity index is 1.44. The van der Waals surface area contributed by atoms with E-state index in [1.165, 1.54) is 11.1 Å². The highest BCUT2D eigenvalue weighted by molar-refractivity contribution is 5.86. The van der Waals surface area contributed by atoms with Gasteiger partial charge in [0, 0.05) is 24.7 Å². The summed E-state index contributed by atoms with van der Waals surface area (Å²) in [6.45, 7) is 4.68. The number of hydrogen-bond acceptors (Lipinski definition) is 4. The highest BCUT2D eigenvalue weighted by Crippen LogP contribution is 2.44. The Labute approximate surface area is 184 Å². The molecule has 1 aliphatic heterocycles. The number of nitriles is 1. The fourth-order valence-corrected chi connectivity index (χ4v) is 4.77. The maximum Gasteiger partial charge on any atom is 0.221 e. The molecule has 1 aliphatic carbocycles. The van der Waals surface area contributed by atoms with Gasteiger partial charge < -0.3 is 15.0 Å². The molecule has 2 aromatic rings. The summed E-state index contributed by atoms with van der Waals surface area (Å²) in [6, 6.07) is 16.2. The fourth-order valence-electron chi connectivity index (χ4n) is 4.77. The van der Waals surface area contributed by atoms with Crippen molar-refractivity contribution < 1.29 is 9.53 Å². The first-order chi connectivity index (χ1) is 15.0. The molecule has 0 aromatic heterocycles. The van der Waals surface area contributed by atoms with Gasteiger partial charge in [-0.3, -0.25) is 4.79 Å². The summed E-state index contributed by atoms with van der Waals surface area (Å²) in [5, 5.41) is 12.0. The monoisotopic (exact) mass is 415 g/mol. The van der Waals surface area contributed by atoms with Crippen LogP contribution in [0.15, 0.2) is 48.5 Å². The Morgan fingerprint density at radius 1 is 1.19 bits per heavy atom. The summed E-state index contributed by atoms with van der Waals surface area (Å²) < 4.78 is 5.40. The van der Waals surface area contributed by atoms with Crippen LogP contribution in [0, 0.1) is 16.7 Å². The smallest absolute Gasteiger partial charge is 0.221 e. The standard InChI is InChI=1S/C26H29N3O2/c1-19(30)28-25-17-26(16-22-7-8-23(31-2)15-24(22)25)10-13-29(14-11-26)12-9-20-3-5-21(18-27)6-4-20/h3-8,15,17H,9-14,16H2,1-2H3,(H,28,30). The molecule has 5 heteroatoms. The topological polar surface area (TPSA) is 65.4 Å². The molecule has 1 saturated heterocycles. The largest absolute Gasteiger partial charge is 0.497 e. The second kappa shape index (κ2) is 8.95. The number of carbonyl (C=O) groups excluding carboxylic acids is 1. The fraction of sp³-hybridized carbons (Fsp3) is 0.385. The summed E-state index contributed by atoms with van der Waals surface area (Å²) in [4.78, 5) is 14.4. The third-order valence-electron chi connectivity index (χ3n) is 6.56. The van der Waals surface area contributed by atoms with Crippen LogP contribution in [0.25, 0.3) is 5.70 Å². The average Bonchev–Trinajstić information content (AvgIpc) is 2.78. The van der Waals surface area contributed by atoms with E-state index in [1.807, 2.05) is 24.3 Å². The number of rotatable bonds is 5. The summed E-state index contributed by atoms with van der Waals surface area (Å²) >= 11 is 0. The molecule has 1 amide bonds. The van der Waals surface area contributed by atoms with Gasteiger partial charge in [0.2, 0.25) is 5.91 Å². The number of hydrogen-bond donors (Lipinski definition) is 1. The van der Waals surface area contributed by atoms with E-state index in [1.54, 1.807) is 14.0 Å². The first-order valence-corrected chi connectivity index (χ1v) is 10.9. The van der Waals surface area contributed by atoms with Crippen LogP contribution in [0.1, 0.15) is 42.0 Å². The first-order valence-electron chi connectivity index (χ1n) is 10.9. The van der Waals surface area contributed by atoms with Crippen LogP contribution >= 0.6 is 0 Å². The zero-order valence-corrected chi connectivity index (χ0v) is 18.3.